The summed E-state index contributed by atoms with van der Waals surface area (Å²) >= 11 is 0. The molecule has 1 aromatic heterocycles. The summed E-state index contributed by atoms with van der Waals surface area (Å²) in [5.41, 5.74) is 1.04. The van der Waals surface area contributed by atoms with Gasteiger partial charge in [-0.05, 0) is 43.3 Å². The van der Waals surface area contributed by atoms with Gasteiger partial charge in [0.25, 0.3) is 0 Å². The number of furan rings is 1. The zero-order chi connectivity index (χ0) is 17.1. The fraction of sp³-hybridized carbons (Fsp3) is 0.158. The van der Waals surface area contributed by atoms with Gasteiger partial charge in [-0.1, -0.05) is 18.2 Å². The van der Waals surface area contributed by atoms with E-state index in [4.69, 9.17) is 13.9 Å². The maximum Gasteiger partial charge on any atom is 0.374 e. The molecule has 0 amide bonds. The third-order valence-electron chi connectivity index (χ3n) is 3.65. The van der Waals surface area contributed by atoms with Crippen LogP contribution < -0.4 is 4.74 Å². The lowest BCUT2D eigenvalue weighted by atomic mass is 10.1. The first-order valence-electron chi connectivity index (χ1n) is 7.46. The van der Waals surface area contributed by atoms with Crippen LogP contribution in [0.4, 0.5) is 0 Å². The van der Waals surface area contributed by atoms with Crippen molar-refractivity contribution in [2.75, 3.05) is 7.11 Å². The lowest BCUT2D eigenvalue weighted by Crippen LogP contribution is -2.24. The largest absolute Gasteiger partial charge is 0.497 e. The topological polar surface area (TPSA) is 65.7 Å². The number of rotatable bonds is 5. The highest BCUT2D eigenvalue weighted by atomic mass is 16.6. The quantitative estimate of drug-likeness (QED) is 0.526. The first kappa shape index (κ1) is 15.8. The average molecular weight is 324 g/mol. The van der Waals surface area contributed by atoms with Gasteiger partial charge in [0.2, 0.25) is 11.5 Å². The molecular formula is C19H16O5. The predicted octanol–water partition coefficient (Wildman–Crippen LogP) is 3.87. The van der Waals surface area contributed by atoms with Crippen LogP contribution in [0.25, 0.3) is 11.0 Å². The minimum atomic E-state index is -0.917. The number of ether oxygens (including phenoxy) is 2. The molecule has 1 atom stereocenters. The van der Waals surface area contributed by atoms with Crippen molar-refractivity contribution in [1.82, 2.24) is 0 Å². The van der Waals surface area contributed by atoms with Crippen LogP contribution in [0, 0.1) is 0 Å². The van der Waals surface area contributed by atoms with Gasteiger partial charge in [0.05, 0.1) is 7.11 Å². The predicted molar refractivity (Wildman–Crippen MR) is 88.4 cm³/mol. The maximum absolute atomic E-state index is 12.3. The van der Waals surface area contributed by atoms with E-state index >= 15 is 0 Å². The number of ketones is 1. The van der Waals surface area contributed by atoms with Crippen molar-refractivity contribution in [2.24, 2.45) is 0 Å². The van der Waals surface area contributed by atoms with Gasteiger partial charge < -0.3 is 13.9 Å². The minimum absolute atomic E-state index is 0.0746. The second-order valence-electron chi connectivity index (χ2n) is 5.29. The molecule has 0 unspecified atom stereocenters. The highest BCUT2D eigenvalue weighted by Crippen LogP contribution is 2.20. The summed E-state index contributed by atoms with van der Waals surface area (Å²) in [5.74, 6) is -0.230. The Hall–Kier alpha value is -3.08. The Labute approximate surface area is 138 Å². The van der Waals surface area contributed by atoms with Gasteiger partial charge in [0.1, 0.15) is 11.3 Å². The van der Waals surface area contributed by atoms with Crippen LogP contribution in [0.15, 0.2) is 59.0 Å². The molecule has 5 heteroatoms. The molecule has 0 saturated carbocycles. The Morgan fingerprint density at radius 3 is 2.42 bits per heavy atom. The van der Waals surface area contributed by atoms with Gasteiger partial charge in [0, 0.05) is 10.9 Å². The Kier molecular flexibility index (Phi) is 4.33. The SMILES string of the molecule is COc1ccc(C(=O)[C@@H](C)OC(=O)c2cc3ccccc3o2)cc1. The number of esters is 1. The molecule has 0 aliphatic rings. The molecule has 0 bridgehead atoms. The molecule has 2 aromatic carbocycles. The summed E-state index contributed by atoms with van der Waals surface area (Å²) in [6.07, 6.45) is -0.917. The highest BCUT2D eigenvalue weighted by Gasteiger charge is 2.22. The Morgan fingerprint density at radius 1 is 1.04 bits per heavy atom. The number of carbonyl (C=O) groups excluding carboxylic acids is 2. The van der Waals surface area contributed by atoms with Crippen LogP contribution >= 0.6 is 0 Å². The zero-order valence-corrected chi connectivity index (χ0v) is 13.3. The lowest BCUT2D eigenvalue weighted by molar-refractivity contribution is 0.0291. The third-order valence-corrected chi connectivity index (χ3v) is 3.65. The molecule has 0 saturated heterocycles. The Morgan fingerprint density at radius 2 is 1.75 bits per heavy atom. The number of hydrogen-bond acceptors (Lipinski definition) is 5. The van der Waals surface area contributed by atoms with E-state index in [1.807, 2.05) is 18.2 Å². The summed E-state index contributed by atoms with van der Waals surface area (Å²) in [5, 5.41) is 0.804. The van der Waals surface area contributed by atoms with Crippen molar-refractivity contribution in [2.45, 2.75) is 13.0 Å². The standard InChI is InChI=1S/C19H16O5/c1-12(18(20)13-7-9-15(22-2)10-8-13)23-19(21)17-11-14-5-3-4-6-16(14)24-17/h3-12H,1-2H3/t12-/m1/s1. The summed E-state index contributed by atoms with van der Waals surface area (Å²) in [6, 6.07) is 15.5. The second-order valence-corrected chi connectivity index (χ2v) is 5.29. The molecule has 3 aromatic rings. The van der Waals surface area contributed by atoms with Gasteiger partial charge in [-0.3, -0.25) is 4.79 Å². The summed E-state index contributed by atoms with van der Waals surface area (Å²) in [7, 11) is 1.55. The van der Waals surface area contributed by atoms with Crippen molar-refractivity contribution < 1.29 is 23.5 Å². The van der Waals surface area contributed by atoms with Crippen molar-refractivity contribution in [1.29, 1.82) is 0 Å². The van der Waals surface area contributed by atoms with Crippen LogP contribution in [-0.4, -0.2) is 25.0 Å². The van der Waals surface area contributed by atoms with Crippen molar-refractivity contribution in [3.63, 3.8) is 0 Å². The Bertz CT molecular complexity index is 843. The van der Waals surface area contributed by atoms with E-state index in [2.05, 4.69) is 0 Å². The van der Waals surface area contributed by atoms with E-state index in [9.17, 15) is 9.59 Å². The van der Waals surface area contributed by atoms with E-state index in [-0.39, 0.29) is 11.5 Å². The van der Waals surface area contributed by atoms with E-state index in [0.29, 0.717) is 16.9 Å². The first-order valence-corrected chi connectivity index (χ1v) is 7.46. The molecule has 0 N–H and O–H groups in total. The van der Waals surface area contributed by atoms with Crippen LogP contribution in [0.2, 0.25) is 0 Å². The monoisotopic (exact) mass is 324 g/mol. The fourth-order valence-corrected chi connectivity index (χ4v) is 2.34. The molecule has 0 aliphatic carbocycles. The summed E-state index contributed by atoms with van der Waals surface area (Å²) < 4.78 is 15.7. The van der Waals surface area contributed by atoms with Crippen LogP contribution in [0.5, 0.6) is 5.75 Å². The van der Waals surface area contributed by atoms with E-state index in [1.165, 1.54) is 6.92 Å². The van der Waals surface area contributed by atoms with E-state index < -0.39 is 12.1 Å². The smallest absolute Gasteiger partial charge is 0.374 e. The van der Waals surface area contributed by atoms with E-state index in [1.54, 1.807) is 43.5 Å². The minimum Gasteiger partial charge on any atom is -0.497 e. The van der Waals surface area contributed by atoms with Gasteiger partial charge in [-0.15, -0.1) is 0 Å². The van der Waals surface area contributed by atoms with Crippen molar-refractivity contribution in [3.05, 3.63) is 65.9 Å². The highest BCUT2D eigenvalue weighted by molar-refractivity contribution is 6.01. The number of methoxy groups -OCH3 is 1. The van der Waals surface area contributed by atoms with Gasteiger partial charge >= 0.3 is 5.97 Å². The molecule has 5 nitrogen and oxygen atoms in total. The lowest BCUT2D eigenvalue weighted by Gasteiger charge is -2.11. The average Bonchev–Trinajstić information content (AvgIpc) is 3.05. The molecule has 24 heavy (non-hydrogen) atoms. The second kappa shape index (κ2) is 6.58. The van der Waals surface area contributed by atoms with Crippen molar-refractivity contribution in [3.8, 4) is 5.75 Å². The number of carbonyl (C=O) groups is 2. The number of Topliss-reactive ketones (excluding diaryl/α,β-unsaturated/α-hetero) is 1. The normalized spacial score (nSPS) is 11.9. The number of fused-ring (bicyclic) bond motifs is 1. The molecule has 122 valence electrons. The molecular weight excluding hydrogens is 308 g/mol. The molecule has 0 fully saturated rings. The van der Waals surface area contributed by atoms with Crippen molar-refractivity contribution >= 4 is 22.7 Å². The molecule has 1 heterocycles. The summed E-state index contributed by atoms with van der Waals surface area (Å²) in [4.78, 5) is 24.5. The maximum atomic E-state index is 12.3. The zero-order valence-electron chi connectivity index (χ0n) is 13.3. The first-order chi connectivity index (χ1) is 11.6. The summed E-state index contributed by atoms with van der Waals surface area (Å²) in [6.45, 7) is 1.53. The number of hydrogen-bond donors (Lipinski definition) is 0. The van der Waals surface area contributed by atoms with Gasteiger partial charge in [0.15, 0.2) is 6.10 Å². The fourth-order valence-electron chi connectivity index (χ4n) is 2.34. The van der Waals surface area contributed by atoms with Crippen LogP contribution in [0.1, 0.15) is 27.8 Å². The molecule has 3 rings (SSSR count). The van der Waals surface area contributed by atoms with Gasteiger partial charge in [-0.2, -0.15) is 0 Å². The third kappa shape index (κ3) is 3.15. The Balaban J connectivity index is 1.71. The molecule has 0 spiro atoms. The van der Waals surface area contributed by atoms with Crippen LogP contribution in [0.3, 0.4) is 0 Å². The molecule has 0 radical (unpaired) electrons. The number of benzene rings is 2. The van der Waals surface area contributed by atoms with Gasteiger partial charge in [-0.25, -0.2) is 4.79 Å². The molecule has 0 aliphatic heterocycles. The van der Waals surface area contributed by atoms with E-state index in [0.717, 1.165) is 5.39 Å². The van der Waals surface area contributed by atoms with Crippen LogP contribution in [-0.2, 0) is 4.74 Å². The number of para-hydroxylation sites is 1.